The third-order valence-electron chi connectivity index (χ3n) is 9.97. The van der Waals surface area contributed by atoms with Crippen LogP contribution in [-0.2, 0) is 24.0 Å². The maximum atomic E-state index is 14.7. The molecule has 0 spiro atoms. The minimum atomic E-state index is -4.81. The van der Waals surface area contributed by atoms with Crippen molar-refractivity contribution in [2.45, 2.75) is 69.1 Å². The molecule has 10 nitrogen and oxygen atoms in total. The highest BCUT2D eigenvalue weighted by Crippen LogP contribution is 2.54. The maximum Gasteiger partial charge on any atom is 0.389 e. The first kappa shape index (κ1) is 33.5. The minimum absolute atomic E-state index is 0.233. The van der Waals surface area contributed by atoms with Gasteiger partial charge in [0, 0.05) is 50.7 Å². The summed E-state index contributed by atoms with van der Waals surface area (Å²) in [5, 5.41) is 4.79. The van der Waals surface area contributed by atoms with Crippen LogP contribution in [0.15, 0.2) is 12.1 Å². The standard InChI is InChI=1S/C30H35F6N5O5/c31-17-12-20(32)23(21(33)13-17)39-22(5-7-29(34,35)36)26(44)41-14-16-3-1-4-18(16)30(41,28(37)46)19(11-15-6-8-38-25(15)43)24(42)27(45)40-9-2-10-40/h12-13,15-16,18-19,22,39H,1-11,14H2,(H2,37,46)(H,38,43)/t15-,16?,18?,19-,22-,30?/m1/s1. The van der Waals surface area contributed by atoms with Crippen molar-refractivity contribution in [3.63, 3.8) is 0 Å². The molecule has 3 aliphatic heterocycles. The molecule has 1 aromatic carbocycles. The van der Waals surface area contributed by atoms with E-state index in [1.165, 1.54) is 4.90 Å². The molecule has 1 saturated carbocycles. The van der Waals surface area contributed by atoms with Crippen LogP contribution >= 0.6 is 0 Å². The fraction of sp³-hybridized carbons (Fsp3) is 0.633. The predicted molar refractivity (Wildman–Crippen MR) is 149 cm³/mol. The van der Waals surface area contributed by atoms with Crippen LogP contribution in [-0.4, -0.2) is 83.1 Å². The van der Waals surface area contributed by atoms with Gasteiger partial charge in [-0.2, -0.15) is 13.2 Å². The highest BCUT2D eigenvalue weighted by molar-refractivity contribution is 6.38. The fourth-order valence-electron chi connectivity index (χ4n) is 7.70. The second kappa shape index (κ2) is 12.7. The Morgan fingerprint density at radius 1 is 1.04 bits per heavy atom. The number of likely N-dealkylation sites (tertiary alicyclic amines) is 2. The van der Waals surface area contributed by atoms with E-state index in [1.54, 1.807) is 0 Å². The van der Waals surface area contributed by atoms with Crippen LogP contribution in [0.3, 0.4) is 0 Å². The number of hydrogen-bond donors (Lipinski definition) is 3. The lowest BCUT2D eigenvalue weighted by Gasteiger charge is -2.46. The van der Waals surface area contributed by atoms with E-state index in [0.29, 0.717) is 19.3 Å². The number of carbonyl (C=O) groups is 5. The van der Waals surface area contributed by atoms with Crippen molar-refractivity contribution in [3.8, 4) is 0 Å². The Bertz CT molecular complexity index is 1400. The van der Waals surface area contributed by atoms with Crippen LogP contribution in [0.4, 0.5) is 32.0 Å². The lowest BCUT2D eigenvalue weighted by Crippen LogP contribution is -2.68. The summed E-state index contributed by atoms with van der Waals surface area (Å²) in [6.45, 7) is 0.583. The summed E-state index contributed by atoms with van der Waals surface area (Å²) in [5.74, 6) is -12.8. The van der Waals surface area contributed by atoms with Crippen molar-refractivity contribution >= 4 is 35.1 Å². The fourth-order valence-corrected chi connectivity index (χ4v) is 7.70. The Balaban J connectivity index is 1.61. The van der Waals surface area contributed by atoms with E-state index in [2.05, 4.69) is 10.6 Å². The first-order valence-corrected chi connectivity index (χ1v) is 15.3. The monoisotopic (exact) mass is 659 g/mol. The van der Waals surface area contributed by atoms with Crippen molar-refractivity contribution in [1.82, 2.24) is 15.1 Å². The van der Waals surface area contributed by atoms with Gasteiger partial charge >= 0.3 is 6.18 Å². The number of halogens is 6. The molecule has 3 heterocycles. The number of nitrogens with zero attached hydrogens (tertiary/aromatic N) is 2. The number of hydrogen-bond acceptors (Lipinski definition) is 6. The quantitative estimate of drug-likeness (QED) is 0.247. The lowest BCUT2D eigenvalue weighted by atomic mass is 9.66. The van der Waals surface area contributed by atoms with Crippen LogP contribution < -0.4 is 16.4 Å². The van der Waals surface area contributed by atoms with Gasteiger partial charge in [0.05, 0.1) is 5.92 Å². The van der Waals surface area contributed by atoms with E-state index < -0.39 is 107 Å². The Morgan fingerprint density at radius 3 is 2.26 bits per heavy atom. The molecule has 16 heteroatoms. The average molecular weight is 660 g/mol. The highest BCUT2D eigenvalue weighted by atomic mass is 19.4. The first-order valence-electron chi connectivity index (χ1n) is 15.3. The average Bonchev–Trinajstić information content (AvgIpc) is 3.64. The number of carbonyl (C=O) groups excluding carboxylic acids is 5. The molecular formula is C30H35F6N5O5. The number of fused-ring (bicyclic) bond motifs is 1. The van der Waals surface area contributed by atoms with E-state index in [-0.39, 0.29) is 57.6 Å². The zero-order chi connectivity index (χ0) is 33.6. The number of alkyl halides is 3. The van der Waals surface area contributed by atoms with Crippen molar-refractivity contribution in [1.29, 1.82) is 0 Å². The van der Waals surface area contributed by atoms with Gasteiger partial charge in [-0.15, -0.1) is 0 Å². The number of benzene rings is 1. The molecule has 1 aromatic rings. The molecule has 6 atom stereocenters. The normalized spacial score (nSPS) is 27.1. The number of rotatable bonds is 11. The summed E-state index contributed by atoms with van der Waals surface area (Å²) >= 11 is 0. The van der Waals surface area contributed by atoms with Crippen molar-refractivity contribution in [2.24, 2.45) is 29.4 Å². The first-order chi connectivity index (χ1) is 21.6. The van der Waals surface area contributed by atoms with Gasteiger partial charge in [-0.25, -0.2) is 13.2 Å². The number of primary amides is 1. The second-order valence-corrected chi connectivity index (χ2v) is 12.6. The Hall–Kier alpha value is -3.85. The summed E-state index contributed by atoms with van der Waals surface area (Å²) in [7, 11) is 0. The zero-order valence-electron chi connectivity index (χ0n) is 24.8. The van der Waals surface area contributed by atoms with Crippen LogP contribution in [0.5, 0.6) is 0 Å². The Morgan fingerprint density at radius 2 is 1.72 bits per heavy atom. The molecule has 0 radical (unpaired) electrons. The van der Waals surface area contributed by atoms with Gasteiger partial charge in [-0.1, -0.05) is 6.42 Å². The van der Waals surface area contributed by atoms with E-state index >= 15 is 0 Å². The maximum absolute atomic E-state index is 14.7. The summed E-state index contributed by atoms with van der Waals surface area (Å²) in [4.78, 5) is 70.5. The van der Waals surface area contributed by atoms with Crippen LogP contribution in [0.2, 0.25) is 0 Å². The van der Waals surface area contributed by atoms with Crippen LogP contribution in [0.25, 0.3) is 0 Å². The van der Waals surface area contributed by atoms with Crippen molar-refractivity contribution < 1.29 is 50.3 Å². The Labute approximate surface area is 260 Å². The van der Waals surface area contributed by atoms with Crippen LogP contribution in [0.1, 0.15) is 51.4 Å². The lowest BCUT2D eigenvalue weighted by molar-refractivity contribution is -0.161. The second-order valence-electron chi connectivity index (χ2n) is 12.6. The molecule has 1 aliphatic carbocycles. The zero-order valence-corrected chi connectivity index (χ0v) is 24.8. The Kier molecular flexibility index (Phi) is 9.28. The van der Waals surface area contributed by atoms with E-state index in [4.69, 9.17) is 5.73 Å². The minimum Gasteiger partial charge on any atom is -0.369 e. The number of nitrogens with two attached hydrogens (primary N) is 1. The summed E-state index contributed by atoms with van der Waals surface area (Å²) in [6, 6.07) is -1.44. The predicted octanol–water partition coefficient (Wildman–Crippen LogP) is 2.65. The molecular weight excluding hydrogens is 624 g/mol. The molecule has 5 rings (SSSR count). The molecule has 4 aliphatic rings. The molecule has 3 saturated heterocycles. The highest BCUT2D eigenvalue weighted by Gasteiger charge is 2.67. The van der Waals surface area contributed by atoms with Gasteiger partial charge in [-0.3, -0.25) is 24.0 Å². The molecule has 252 valence electrons. The topological polar surface area (TPSA) is 142 Å². The third-order valence-corrected chi connectivity index (χ3v) is 9.97. The van der Waals surface area contributed by atoms with E-state index in [1.807, 2.05) is 0 Å². The molecule has 4 fully saturated rings. The molecule has 3 unspecified atom stereocenters. The summed E-state index contributed by atoms with van der Waals surface area (Å²) in [5.41, 5.74) is 2.79. The number of anilines is 1. The number of ketones is 1. The van der Waals surface area contributed by atoms with Crippen molar-refractivity contribution in [2.75, 3.05) is 31.5 Å². The molecule has 4 N–H and O–H groups in total. The van der Waals surface area contributed by atoms with Gasteiger partial charge in [0.1, 0.15) is 23.1 Å². The SMILES string of the molecule is NC(=O)C1([C@H](C[C@H]2CCNC2=O)C(=O)C(=O)N2CCC2)C2CCCC2CN1C(=O)[C@@H](CCC(F)(F)F)Nc1c(F)cc(F)cc1F. The van der Waals surface area contributed by atoms with E-state index in [9.17, 15) is 50.3 Å². The van der Waals surface area contributed by atoms with E-state index in [0.717, 1.165) is 4.90 Å². The number of Topliss-reactive ketones (excluding diaryl/α,β-unsaturated/α-hetero) is 1. The molecule has 0 aromatic heterocycles. The van der Waals surface area contributed by atoms with Gasteiger partial charge < -0.3 is 26.2 Å². The largest absolute Gasteiger partial charge is 0.389 e. The number of nitrogens with one attached hydrogen (secondary N) is 2. The van der Waals surface area contributed by atoms with Crippen LogP contribution in [0, 0.1) is 41.1 Å². The van der Waals surface area contributed by atoms with Crippen molar-refractivity contribution in [3.05, 3.63) is 29.6 Å². The van der Waals surface area contributed by atoms with Gasteiger partial charge in [0.25, 0.3) is 5.91 Å². The molecule has 0 bridgehead atoms. The molecule has 46 heavy (non-hydrogen) atoms. The van der Waals surface area contributed by atoms with Gasteiger partial charge in [0.2, 0.25) is 23.5 Å². The summed E-state index contributed by atoms with van der Waals surface area (Å²) < 4.78 is 83.2. The molecule has 4 amide bonds. The van der Waals surface area contributed by atoms with Gasteiger partial charge in [-0.05, 0) is 50.4 Å². The number of amides is 4. The third kappa shape index (κ3) is 6.14. The summed E-state index contributed by atoms with van der Waals surface area (Å²) in [6.07, 6.45) is -5.54. The smallest absolute Gasteiger partial charge is 0.369 e. The van der Waals surface area contributed by atoms with Gasteiger partial charge in [0.15, 0.2) is 11.6 Å².